The number of aliphatic hydroxyl groups excluding tert-OH is 1. The van der Waals surface area contributed by atoms with Gasteiger partial charge in [-0.3, -0.25) is 14.8 Å². The van der Waals surface area contributed by atoms with Crippen molar-refractivity contribution in [2.45, 2.75) is 39.0 Å². The molecule has 0 spiro atoms. The summed E-state index contributed by atoms with van der Waals surface area (Å²) >= 11 is 0. The molecule has 0 saturated heterocycles. The van der Waals surface area contributed by atoms with Gasteiger partial charge in [-0.25, -0.2) is 14.4 Å². The fraction of sp³-hybridized carbons (Fsp3) is 0.318. The summed E-state index contributed by atoms with van der Waals surface area (Å²) in [4.78, 5) is 28.9. The Morgan fingerprint density at radius 2 is 2.06 bits per heavy atom. The van der Waals surface area contributed by atoms with Crippen molar-refractivity contribution in [3.8, 4) is 11.3 Å². The molecule has 0 aliphatic heterocycles. The van der Waals surface area contributed by atoms with Crippen LogP contribution in [0.25, 0.3) is 11.3 Å². The van der Waals surface area contributed by atoms with Crippen LogP contribution in [-0.4, -0.2) is 37.1 Å². The van der Waals surface area contributed by atoms with Gasteiger partial charge in [-0.05, 0) is 37.5 Å². The predicted octanol–water partition coefficient (Wildman–Crippen LogP) is 3.73. The van der Waals surface area contributed by atoms with Crippen molar-refractivity contribution in [1.82, 2.24) is 19.9 Å². The first-order valence-electron chi connectivity index (χ1n) is 10.1. The van der Waals surface area contributed by atoms with Gasteiger partial charge in [0.1, 0.15) is 18.3 Å². The van der Waals surface area contributed by atoms with E-state index < -0.39 is 18.2 Å². The van der Waals surface area contributed by atoms with E-state index in [2.05, 4.69) is 30.6 Å². The fourth-order valence-corrected chi connectivity index (χ4v) is 3.18. The monoisotopic (exact) mass is 422 g/mol. The molecule has 0 radical (unpaired) electrons. The molecule has 3 heterocycles. The van der Waals surface area contributed by atoms with E-state index in [9.17, 15) is 14.3 Å². The van der Waals surface area contributed by atoms with E-state index in [0.29, 0.717) is 29.2 Å². The number of alkyl halides is 1. The van der Waals surface area contributed by atoms with Crippen molar-refractivity contribution >= 4 is 23.1 Å². The number of aromatic nitrogens is 4. The largest absolute Gasteiger partial charge is 0.387 e. The molecule has 1 aliphatic carbocycles. The fourth-order valence-electron chi connectivity index (χ4n) is 3.18. The Hall–Kier alpha value is -3.46. The van der Waals surface area contributed by atoms with E-state index in [1.807, 2.05) is 26.0 Å². The molecule has 0 bridgehead atoms. The van der Waals surface area contributed by atoms with E-state index in [-0.39, 0.29) is 12.3 Å². The quantitative estimate of drug-likeness (QED) is 0.532. The summed E-state index contributed by atoms with van der Waals surface area (Å²) in [5.41, 5.74) is 4.34. The minimum Gasteiger partial charge on any atom is -0.387 e. The Kier molecular flexibility index (Phi) is 5.85. The first-order valence-corrected chi connectivity index (χ1v) is 10.1. The second-order valence-corrected chi connectivity index (χ2v) is 7.53. The highest BCUT2D eigenvalue weighted by Gasteiger charge is 2.43. The van der Waals surface area contributed by atoms with Gasteiger partial charge in [0.05, 0.1) is 41.0 Å². The summed E-state index contributed by atoms with van der Waals surface area (Å²) < 4.78 is 13.1. The van der Waals surface area contributed by atoms with Crippen LogP contribution in [-0.2, 0) is 4.79 Å². The molecule has 3 atom stereocenters. The van der Waals surface area contributed by atoms with Crippen LogP contribution in [0.2, 0.25) is 0 Å². The highest BCUT2D eigenvalue weighted by Crippen LogP contribution is 2.35. The topological polar surface area (TPSA) is 113 Å². The van der Waals surface area contributed by atoms with Crippen molar-refractivity contribution in [1.29, 1.82) is 0 Å². The van der Waals surface area contributed by atoms with Crippen LogP contribution < -0.4 is 10.6 Å². The second kappa shape index (κ2) is 8.73. The SMILES string of the molecule is CC[C@@H](O)c1cc(C)c(Nc2ccncc2-c2cc(NC(=O)[C@H]3C[C@H]3F)ncn2)cn1. The molecule has 3 N–H and O–H groups in total. The lowest BCUT2D eigenvalue weighted by molar-refractivity contribution is -0.117. The Bertz CT molecular complexity index is 1110. The number of nitrogens with zero attached hydrogens (tertiary/aromatic N) is 4. The van der Waals surface area contributed by atoms with Crippen LogP contribution in [0.1, 0.15) is 37.1 Å². The Morgan fingerprint density at radius 3 is 2.77 bits per heavy atom. The van der Waals surface area contributed by atoms with Crippen molar-refractivity contribution in [3.63, 3.8) is 0 Å². The standard InChI is InChI=1S/C22H23FN6O2/c1-3-20(30)18-6-12(2)19(10-25-18)28-16-4-5-24-9-14(16)17-8-21(27-11-26-17)29-22(31)13-7-15(13)23/h4-6,8-11,13,15,20,30H,3,7H2,1-2H3,(H,24,28)(H,26,27,29,31)/t13-,15+,20+/m0/s1. The number of aliphatic hydroxyl groups is 1. The Balaban J connectivity index is 1.58. The van der Waals surface area contributed by atoms with Crippen LogP contribution in [0.3, 0.4) is 0 Å². The Morgan fingerprint density at radius 1 is 1.26 bits per heavy atom. The number of aryl methyl sites for hydroxylation is 1. The number of carbonyl (C=O) groups excluding carboxylic acids is 1. The molecule has 4 rings (SSSR count). The smallest absolute Gasteiger partial charge is 0.231 e. The van der Waals surface area contributed by atoms with Crippen molar-refractivity contribution < 1.29 is 14.3 Å². The summed E-state index contributed by atoms with van der Waals surface area (Å²) in [5, 5.41) is 16.0. The molecule has 1 fully saturated rings. The van der Waals surface area contributed by atoms with Gasteiger partial charge in [-0.1, -0.05) is 6.92 Å². The molecule has 9 heteroatoms. The number of nitrogens with one attached hydrogen (secondary N) is 2. The number of anilines is 3. The number of halogens is 1. The van der Waals surface area contributed by atoms with Gasteiger partial charge in [0.2, 0.25) is 5.91 Å². The minimum atomic E-state index is -1.07. The normalized spacial score (nSPS) is 18.3. The van der Waals surface area contributed by atoms with Gasteiger partial charge in [-0.2, -0.15) is 0 Å². The third-order valence-corrected chi connectivity index (χ3v) is 5.19. The van der Waals surface area contributed by atoms with Crippen LogP contribution in [0, 0.1) is 12.8 Å². The number of rotatable bonds is 7. The average molecular weight is 422 g/mol. The first-order chi connectivity index (χ1) is 15.0. The van der Waals surface area contributed by atoms with E-state index >= 15 is 0 Å². The maximum atomic E-state index is 13.1. The van der Waals surface area contributed by atoms with Crippen LogP contribution >= 0.6 is 0 Å². The lowest BCUT2D eigenvalue weighted by Crippen LogP contribution is -2.16. The predicted molar refractivity (Wildman–Crippen MR) is 114 cm³/mol. The molecule has 31 heavy (non-hydrogen) atoms. The summed E-state index contributed by atoms with van der Waals surface area (Å²) in [7, 11) is 0. The Labute approximate surface area is 179 Å². The molecule has 1 aliphatic rings. The number of carbonyl (C=O) groups is 1. The van der Waals surface area contributed by atoms with Crippen LogP contribution in [0.4, 0.5) is 21.6 Å². The third kappa shape index (κ3) is 4.66. The van der Waals surface area contributed by atoms with E-state index in [1.54, 1.807) is 24.7 Å². The molecular weight excluding hydrogens is 399 g/mol. The maximum Gasteiger partial charge on any atom is 0.231 e. The molecule has 3 aromatic heterocycles. The van der Waals surface area contributed by atoms with Crippen molar-refractivity contribution in [2.75, 3.05) is 10.6 Å². The van der Waals surface area contributed by atoms with Gasteiger partial charge < -0.3 is 15.7 Å². The average Bonchev–Trinajstić information content (AvgIpc) is 3.52. The molecule has 160 valence electrons. The molecule has 1 saturated carbocycles. The van der Waals surface area contributed by atoms with Crippen LogP contribution in [0.15, 0.2) is 43.1 Å². The minimum absolute atomic E-state index is 0.252. The lowest BCUT2D eigenvalue weighted by Gasteiger charge is -2.15. The molecule has 0 aromatic carbocycles. The van der Waals surface area contributed by atoms with Gasteiger partial charge in [0.15, 0.2) is 0 Å². The summed E-state index contributed by atoms with van der Waals surface area (Å²) in [5.74, 6) is -0.670. The zero-order valence-corrected chi connectivity index (χ0v) is 17.2. The zero-order valence-electron chi connectivity index (χ0n) is 17.2. The maximum absolute atomic E-state index is 13.1. The summed E-state index contributed by atoms with van der Waals surface area (Å²) in [6, 6.07) is 5.29. The number of hydrogen-bond donors (Lipinski definition) is 3. The van der Waals surface area contributed by atoms with Gasteiger partial charge in [-0.15, -0.1) is 0 Å². The first kappa shape index (κ1) is 20.8. The third-order valence-electron chi connectivity index (χ3n) is 5.19. The van der Waals surface area contributed by atoms with Gasteiger partial charge in [0, 0.05) is 24.0 Å². The summed E-state index contributed by atoms with van der Waals surface area (Å²) in [6.07, 6.45) is 5.51. The van der Waals surface area contributed by atoms with Crippen molar-refractivity contribution in [3.05, 3.63) is 54.4 Å². The number of hydrogen-bond acceptors (Lipinski definition) is 7. The molecule has 3 aromatic rings. The molecular formula is C22H23FN6O2. The highest BCUT2D eigenvalue weighted by atomic mass is 19.1. The van der Waals surface area contributed by atoms with E-state index in [1.165, 1.54) is 6.33 Å². The molecule has 8 nitrogen and oxygen atoms in total. The zero-order chi connectivity index (χ0) is 22.0. The van der Waals surface area contributed by atoms with Gasteiger partial charge >= 0.3 is 0 Å². The van der Waals surface area contributed by atoms with Crippen molar-refractivity contribution in [2.24, 2.45) is 5.92 Å². The second-order valence-electron chi connectivity index (χ2n) is 7.53. The number of pyridine rings is 2. The highest BCUT2D eigenvalue weighted by molar-refractivity contribution is 5.94. The van der Waals surface area contributed by atoms with Crippen LogP contribution in [0.5, 0.6) is 0 Å². The van der Waals surface area contributed by atoms with E-state index in [0.717, 1.165) is 16.9 Å². The van der Waals surface area contributed by atoms with Gasteiger partial charge in [0.25, 0.3) is 0 Å². The van der Waals surface area contributed by atoms with E-state index in [4.69, 9.17) is 0 Å². The molecule has 0 unspecified atom stereocenters. The lowest BCUT2D eigenvalue weighted by atomic mass is 10.1. The molecule has 1 amide bonds. The summed E-state index contributed by atoms with van der Waals surface area (Å²) in [6.45, 7) is 3.83. The number of amides is 1.